The van der Waals surface area contributed by atoms with Crippen LogP contribution >= 0.6 is 0 Å². The summed E-state index contributed by atoms with van der Waals surface area (Å²) in [5.41, 5.74) is 10.4. The second-order valence-electron chi connectivity index (χ2n) is 11.7. The van der Waals surface area contributed by atoms with Crippen LogP contribution in [0.15, 0.2) is 73.1 Å². The molecule has 224 valence electrons. The number of hydrogen-bond donors (Lipinski definition) is 0. The first-order valence-corrected chi connectivity index (χ1v) is 15.9. The van der Waals surface area contributed by atoms with Gasteiger partial charge < -0.3 is 4.90 Å². The van der Waals surface area contributed by atoms with Crippen molar-refractivity contribution in [2.24, 2.45) is 0 Å². The number of aryl methyl sites for hydroxylation is 2. The van der Waals surface area contributed by atoms with Crippen LogP contribution in [0.5, 0.6) is 0 Å². The van der Waals surface area contributed by atoms with Crippen LogP contribution in [0.3, 0.4) is 0 Å². The Kier molecular flexibility index (Phi) is 10.7. The van der Waals surface area contributed by atoms with Crippen LogP contribution in [-0.2, 0) is 0 Å². The Labute approximate surface area is 263 Å². The molecule has 2 aromatic heterocycles. The van der Waals surface area contributed by atoms with Gasteiger partial charge in [-0.3, -0.25) is 14.9 Å². The molecule has 0 amide bonds. The third-order valence-electron chi connectivity index (χ3n) is 8.44. The van der Waals surface area contributed by atoms with E-state index < -0.39 is 0 Å². The van der Waals surface area contributed by atoms with Gasteiger partial charge in [-0.15, -0.1) is 0 Å². The van der Waals surface area contributed by atoms with Crippen LogP contribution in [0.2, 0.25) is 0 Å². The molecule has 0 spiro atoms. The lowest BCUT2D eigenvalue weighted by Gasteiger charge is -2.36. The standard InChI is InChI=1S/C39H43N5/c1-4-5-6-7-20-43-21-23-44(24-22-43)37-16-12-33(13-17-37)15-19-39-31(3)26-36(29-42-39)35-25-30(2)38(41-28-35)18-14-32-8-10-34(27-40)11-9-32/h8-19,25-26,28-29H,4-7,20-24H2,1-3H3/b18-14+,19-15+. The smallest absolute Gasteiger partial charge is 0.0991 e. The van der Waals surface area contributed by atoms with Gasteiger partial charge in [-0.25, -0.2) is 0 Å². The first-order valence-electron chi connectivity index (χ1n) is 15.9. The molecule has 5 nitrogen and oxygen atoms in total. The second-order valence-corrected chi connectivity index (χ2v) is 11.7. The molecule has 1 fully saturated rings. The summed E-state index contributed by atoms with van der Waals surface area (Å²) in [7, 11) is 0. The van der Waals surface area contributed by atoms with Gasteiger partial charge >= 0.3 is 0 Å². The number of nitriles is 1. The lowest BCUT2D eigenvalue weighted by Crippen LogP contribution is -2.46. The van der Waals surface area contributed by atoms with Crippen LogP contribution < -0.4 is 4.90 Å². The maximum Gasteiger partial charge on any atom is 0.0991 e. The second kappa shape index (κ2) is 15.3. The van der Waals surface area contributed by atoms with Gasteiger partial charge in [0, 0.05) is 55.4 Å². The number of hydrogen-bond acceptors (Lipinski definition) is 5. The van der Waals surface area contributed by atoms with Crippen molar-refractivity contribution in [1.29, 1.82) is 5.26 Å². The average Bonchev–Trinajstić information content (AvgIpc) is 3.06. The fourth-order valence-corrected chi connectivity index (χ4v) is 5.64. The van der Waals surface area contributed by atoms with E-state index in [0.29, 0.717) is 5.56 Å². The van der Waals surface area contributed by atoms with Crippen molar-refractivity contribution < 1.29 is 0 Å². The monoisotopic (exact) mass is 581 g/mol. The summed E-state index contributed by atoms with van der Waals surface area (Å²) in [6.07, 6.45) is 17.5. The first kappa shape index (κ1) is 30.9. The molecule has 5 heteroatoms. The normalized spacial score (nSPS) is 14.0. The van der Waals surface area contributed by atoms with Crippen LogP contribution in [0.25, 0.3) is 35.4 Å². The molecule has 5 rings (SSSR count). The van der Waals surface area contributed by atoms with Crippen molar-refractivity contribution in [3.8, 4) is 17.2 Å². The van der Waals surface area contributed by atoms with Crippen molar-refractivity contribution in [2.45, 2.75) is 46.5 Å². The minimum Gasteiger partial charge on any atom is -0.369 e. The summed E-state index contributed by atoms with van der Waals surface area (Å²) in [6.45, 7) is 12.2. The van der Waals surface area contributed by atoms with Crippen LogP contribution in [0.4, 0.5) is 5.69 Å². The predicted molar refractivity (Wildman–Crippen MR) is 185 cm³/mol. The average molecular weight is 582 g/mol. The van der Waals surface area contributed by atoms with Crippen molar-refractivity contribution in [3.05, 3.63) is 112 Å². The van der Waals surface area contributed by atoms with Gasteiger partial charge in [-0.2, -0.15) is 5.26 Å². The van der Waals surface area contributed by atoms with Gasteiger partial charge in [0.1, 0.15) is 0 Å². The molecule has 44 heavy (non-hydrogen) atoms. The van der Waals surface area contributed by atoms with E-state index >= 15 is 0 Å². The molecule has 0 N–H and O–H groups in total. The van der Waals surface area contributed by atoms with Crippen LogP contribution in [0.1, 0.15) is 71.8 Å². The molecule has 1 saturated heterocycles. The molecule has 2 aromatic carbocycles. The zero-order valence-corrected chi connectivity index (χ0v) is 26.3. The number of pyridine rings is 2. The quantitative estimate of drug-likeness (QED) is 0.166. The van der Waals surface area contributed by atoms with Crippen molar-refractivity contribution in [2.75, 3.05) is 37.6 Å². The van der Waals surface area contributed by atoms with E-state index in [1.54, 1.807) is 0 Å². The minimum atomic E-state index is 0.660. The number of unbranched alkanes of at least 4 members (excludes halogenated alkanes) is 3. The Morgan fingerprint density at radius 1 is 0.705 bits per heavy atom. The largest absolute Gasteiger partial charge is 0.369 e. The zero-order valence-electron chi connectivity index (χ0n) is 26.3. The Balaban J connectivity index is 1.16. The molecular weight excluding hydrogens is 538 g/mol. The summed E-state index contributed by atoms with van der Waals surface area (Å²) in [5.74, 6) is 0. The van der Waals surface area contributed by atoms with Crippen LogP contribution in [-0.4, -0.2) is 47.6 Å². The van der Waals surface area contributed by atoms with Crippen molar-refractivity contribution in [3.63, 3.8) is 0 Å². The predicted octanol–water partition coefficient (Wildman–Crippen LogP) is 8.68. The molecule has 0 bridgehead atoms. The van der Waals surface area contributed by atoms with Crippen LogP contribution in [0, 0.1) is 25.2 Å². The highest BCUT2D eigenvalue weighted by Crippen LogP contribution is 2.24. The molecule has 1 aliphatic heterocycles. The minimum absolute atomic E-state index is 0.660. The molecule has 0 unspecified atom stereocenters. The number of aromatic nitrogens is 2. The van der Waals surface area contributed by atoms with Crippen molar-refractivity contribution >= 4 is 30.0 Å². The molecule has 3 heterocycles. The lowest BCUT2D eigenvalue weighted by molar-refractivity contribution is 0.252. The van der Waals surface area contributed by atoms with E-state index in [1.165, 1.54) is 43.5 Å². The van der Waals surface area contributed by atoms with Gasteiger partial charge in [0.2, 0.25) is 0 Å². The Hall–Kier alpha value is -4.53. The van der Waals surface area contributed by atoms with Gasteiger partial charge in [0.05, 0.1) is 23.0 Å². The van der Waals surface area contributed by atoms with Gasteiger partial charge in [-0.05, 0) is 97.6 Å². The molecule has 4 aromatic rings. The summed E-state index contributed by atoms with van der Waals surface area (Å²) in [5, 5.41) is 8.99. The zero-order chi connectivity index (χ0) is 30.7. The molecule has 0 aliphatic carbocycles. The van der Waals surface area contributed by atoms with E-state index in [1.807, 2.05) is 48.8 Å². The highest BCUT2D eigenvalue weighted by molar-refractivity contribution is 5.74. The topological polar surface area (TPSA) is 56.1 Å². The molecule has 0 atom stereocenters. The van der Waals surface area contributed by atoms with E-state index in [9.17, 15) is 0 Å². The number of benzene rings is 2. The third-order valence-corrected chi connectivity index (χ3v) is 8.44. The highest BCUT2D eigenvalue weighted by Gasteiger charge is 2.16. The fraction of sp³-hybridized carbons (Fsp3) is 0.308. The molecule has 1 aliphatic rings. The van der Waals surface area contributed by atoms with Crippen molar-refractivity contribution in [1.82, 2.24) is 14.9 Å². The Bertz CT molecular complexity index is 1620. The number of anilines is 1. The van der Waals surface area contributed by atoms with E-state index in [2.05, 4.69) is 85.2 Å². The third kappa shape index (κ3) is 8.30. The van der Waals surface area contributed by atoms with E-state index in [-0.39, 0.29) is 0 Å². The van der Waals surface area contributed by atoms with E-state index in [0.717, 1.165) is 65.4 Å². The summed E-state index contributed by atoms with van der Waals surface area (Å²) < 4.78 is 0. The Morgan fingerprint density at radius 2 is 1.25 bits per heavy atom. The lowest BCUT2D eigenvalue weighted by atomic mass is 10.0. The highest BCUT2D eigenvalue weighted by atomic mass is 15.3. The number of nitrogens with zero attached hydrogens (tertiary/aromatic N) is 5. The molecule has 0 saturated carbocycles. The van der Waals surface area contributed by atoms with Gasteiger partial charge in [-0.1, -0.05) is 62.6 Å². The van der Waals surface area contributed by atoms with E-state index in [4.69, 9.17) is 15.2 Å². The summed E-state index contributed by atoms with van der Waals surface area (Å²) in [4.78, 5) is 14.6. The number of piperazine rings is 1. The Morgan fingerprint density at radius 3 is 1.75 bits per heavy atom. The fourth-order valence-electron chi connectivity index (χ4n) is 5.64. The molecule has 0 radical (unpaired) electrons. The maximum absolute atomic E-state index is 8.99. The molecular formula is C39H43N5. The summed E-state index contributed by atoms with van der Waals surface area (Å²) in [6, 6.07) is 22.9. The van der Waals surface area contributed by atoms with Gasteiger partial charge in [0.25, 0.3) is 0 Å². The number of rotatable bonds is 11. The summed E-state index contributed by atoms with van der Waals surface area (Å²) >= 11 is 0. The van der Waals surface area contributed by atoms with Gasteiger partial charge in [0.15, 0.2) is 0 Å². The SMILES string of the molecule is CCCCCCN1CCN(c2ccc(/C=C/c3ncc(-c4cnc(/C=C/c5ccc(C#N)cc5)c(C)c4)cc3C)cc2)CC1. The first-order chi connectivity index (χ1) is 21.5. The maximum atomic E-state index is 8.99.